The third kappa shape index (κ3) is 4.88. The highest BCUT2D eigenvalue weighted by atomic mass is 32.2. The van der Waals surface area contributed by atoms with Gasteiger partial charge in [-0.2, -0.15) is 0 Å². The van der Waals surface area contributed by atoms with Gasteiger partial charge in [0.15, 0.2) is 13.4 Å². The molecule has 0 aromatic rings. The van der Waals surface area contributed by atoms with E-state index in [1.54, 1.807) is 6.92 Å². The van der Waals surface area contributed by atoms with E-state index in [1.165, 1.54) is 17.8 Å². The van der Waals surface area contributed by atoms with E-state index in [0.29, 0.717) is 6.42 Å². The Morgan fingerprint density at radius 2 is 2.04 bits per heavy atom. The van der Waals surface area contributed by atoms with Crippen molar-refractivity contribution in [3.63, 3.8) is 0 Å². The summed E-state index contributed by atoms with van der Waals surface area (Å²) in [5.41, 5.74) is 0. The molecule has 0 N–H and O–H groups in total. The molecule has 27 heavy (non-hydrogen) atoms. The Morgan fingerprint density at radius 3 is 2.59 bits per heavy atom. The fourth-order valence-corrected chi connectivity index (χ4v) is 5.86. The molecule has 2 fully saturated rings. The monoisotopic (exact) mass is 413 g/mol. The number of thioether (sulfide) groups is 1. The van der Waals surface area contributed by atoms with Gasteiger partial charge in [-0.15, -0.1) is 0 Å². The molecule has 150 valence electrons. The van der Waals surface area contributed by atoms with E-state index in [-0.39, 0.29) is 11.7 Å². The van der Waals surface area contributed by atoms with Gasteiger partial charge < -0.3 is 9.16 Å². The predicted molar refractivity (Wildman–Crippen MR) is 104 cm³/mol. The molecule has 0 spiro atoms. The number of nitrogens with zero attached hydrogens (tertiary/aromatic N) is 1. The van der Waals surface area contributed by atoms with Crippen LogP contribution in [-0.4, -0.2) is 60.6 Å². The van der Waals surface area contributed by atoms with Gasteiger partial charge in [0.1, 0.15) is 6.61 Å². The third-order valence-corrected chi connectivity index (χ3v) is 6.74. The quantitative estimate of drug-likeness (QED) is 0.216. The lowest BCUT2D eigenvalue weighted by Gasteiger charge is -2.51. The summed E-state index contributed by atoms with van der Waals surface area (Å²) >= 11 is 1.22. The van der Waals surface area contributed by atoms with Crippen LogP contribution in [0.4, 0.5) is 0 Å². The normalized spacial score (nSPS) is 27.0. The van der Waals surface area contributed by atoms with Crippen molar-refractivity contribution < 1.29 is 28.3 Å². The zero-order chi connectivity index (χ0) is 20.4. The third-order valence-electron chi connectivity index (χ3n) is 4.58. The van der Waals surface area contributed by atoms with Crippen molar-refractivity contribution in [2.24, 2.45) is 11.8 Å². The van der Waals surface area contributed by atoms with Crippen LogP contribution in [0.1, 0.15) is 19.8 Å². The van der Waals surface area contributed by atoms with Crippen LogP contribution in [0.5, 0.6) is 0 Å². The number of carbonyl (C=O) groups excluding carboxylic acids is 4. The summed E-state index contributed by atoms with van der Waals surface area (Å²) in [4.78, 5) is 50.6. The second kappa shape index (κ2) is 8.70. The van der Waals surface area contributed by atoms with Crippen molar-refractivity contribution >= 4 is 43.0 Å². The Bertz CT molecular complexity index is 646. The molecule has 2 saturated heterocycles. The largest absolute Gasteiger partial charge is 0.454 e. The van der Waals surface area contributed by atoms with Crippen molar-refractivity contribution in [1.82, 2.24) is 4.90 Å². The lowest BCUT2D eigenvalue weighted by atomic mass is 9.74. The lowest BCUT2D eigenvalue weighted by molar-refractivity contribution is -0.182. The van der Waals surface area contributed by atoms with Crippen LogP contribution in [0.15, 0.2) is 12.7 Å². The SMILES string of the molecule is C=CCOC(=O)C(=O)N1C(=O)[C@H]([C@@H](C)O[Si](C)(C)C)[C@H]1[C@H]1CCCSC1=O. The maximum Gasteiger partial charge on any atom is 0.397 e. The molecule has 0 saturated carbocycles. The second-order valence-electron chi connectivity index (χ2n) is 7.77. The van der Waals surface area contributed by atoms with Gasteiger partial charge in [-0.05, 0) is 39.4 Å². The number of hydrogen-bond acceptors (Lipinski definition) is 7. The van der Waals surface area contributed by atoms with Gasteiger partial charge >= 0.3 is 11.9 Å². The molecule has 2 amide bonds. The topological polar surface area (TPSA) is 90.0 Å². The molecule has 2 rings (SSSR count). The van der Waals surface area contributed by atoms with Crippen LogP contribution < -0.4 is 0 Å². The minimum absolute atomic E-state index is 0.0405. The summed E-state index contributed by atoms with van der Waals surface area (Å²) in [5, 5.41) is -0.0405. The number of amides is 2. The van der Waals surface area contributed by atoms with Gasteiger partial charge in [0.25, 0.3) is 0 Å². The average molecular weight is 414 g/mol. The summed E-state index contributed by atoms with van der Waals surface area (Å²) in [7, 11) is -1.93. The van der Waals surface area contributed by atoms with Crippen LogP contribution in [-0.2, 0) is 28.3 Å². The van der Waals surface area contributed by atoms with Crippen molar-refractivity contribution in [2.75, 3.05) is 12.4 Å². The minimum atomic E-state index is -1.93. The standard InChI is InChI=1S/C18H27NO6SSi/c1-6-9-24-17(22)16(21)19-14(12-8-7-10-26-18(12)23)13(15(19)20)11(2)25-27(3,4)5/h6,11-14H,1,7-10H2,2-5H3/t11-,12-,13-,14-/m1/s1. The molecule has 0 unspecified atom stereocenters. The summed E-state index contributed by atoms with van der Waals surface area (Å²) < 4.78 is 10.8. The van der Waals surface area contributed by atoms with E-state index in [9.17, 15) is 19.2 Å². The van der Waals surface area contributed by atoms with Crippen LogP contribution in [0, 0.1) is 11.8 Å². The molecule has 9 heteroatoms. The Kier molecular flexibility index (Phi) is 7.04. The van der Waals surface area contributed by atoms with E-state index in [4.69, 9.17) is 9.16 Å². The number of carbonyl (C=O) groups is 4. The Hall–Kier alpha value is -1.45. The first-order valence-electron chi connectivity index (χ1n) is 9.08. The van der Waals surface area contributed by atoms with E-state index >= 15 is 0 Å². The molecule has 0 aliphatic carbocycles. The first kappa shape index (κ1) is 21.8. The summed E-state index contributed by atoms with van der Waals surface area (Å²) in [6.07, 6.45) is 2.33. The highest BCUT2D eigenvalue weighted by Crippen LogP contribution is 2.42. The predicted octanol–water partition coefficient (Wildman–Crippen LogP) is 1.98. The van der Waals surface area contributed by atoms with Crippen LogP contribution >= 0.6 is 11.8 Å². The number of hydrogen-bond donors (Lipinski definition) is 0. The van der Waals surface area contributed by atoms with Crippen LogP contribution in [0.25, 0.3) is 0 Å². The summed E-state index contributed by atoms with van der Waals surface area (Å²) in [6, 6.07) is -0.659. The highest BCUT2D eigenvalue weighted by molar-refractivity contribution is 8.13. The van der Waals surface area contributed by atoms with Gasteiger partial charge in [-0.3, -0.25) is 19.3 Å². The van der Waals surface area contributed by atoms with E-state index in [1.807, 2.05) is 19.6 Å². The summed E-state index contributed by atoms with van der Waals surface area (Å²) in [5.74, 6) is -2.96. The van der Waals surface area contributed by atoms with Gasteiger partial charge in [-0.25, -0.2) is 4.79 Å². The fourth-order valence-electron chi connectivity index (χ4n) is 3.61. The van der Waals surface area contributed by atoms with Crippen LogP contribution in [0.2, 0.25) is 19.6 Å². The van der Waals surface area contributed by atoms with Gasteiger partial charge in [0.05, 0.1) is 24.0 Å². The second-order valence-corrected chi connectivity index (χ2v) is 13.3. The number of imide groups is 1. The molecule has 0 aromatic heterocycles. The molecule has 0 bridgehead atoms. The molecule has 4 atom stereocenters. The lowest BCUT2D eigenvalue weighted by Crippen LogP contribution is -2.71. The maximum absolute atomic E-state index is 12.8. The number of ether oxygens (including phenoxy) is 1. The molecule has 0 aromatic carbocycles. The molecule has 0 radical (unpaired) electrons. The van der Waals surface area contributed by atoms with E-state index in [0.717, 1.165) is 17.1 Å². The smallest absolute Gasteiger partial charge is 0.397 e. The number of likely N-dealkylation sites (tertiary alicyclic amines) is 1. The molecular formula is C18H27NO6SSi. The number of rotatable bonds is 6. The maximum atomic E-state index is 12.8. The Morgan fingerprint density at radius 1 is 1.37 bits per heavy atom. The highest BCUT2D eigenvalue weighted by Gasteiger charge is 2.59. The molecular weight excluding hydrogens is 386 g/mol. The van der Waals surface area contributed by atoms with Gasteiger partial charge in [-0.1, -0.05) is 24.4 Å². The van der Waals surface area contributed by atoms with Gasteiger partial charge in [0, 0.05) is 5.75 Å². The first-order valence-corrected chi connectivity index (χ1v) is 13.5. The van der Waals surface area contributed by atoms with Crippen molar-refractivity contribution in [2.45, 2.75) is 51.6 Å². The van der Waals surface area contributed by atoms with Gasteiger partial charge in [0.2, 0.25) is 5.91 Å². The zero-order valence-corrected chi connectivity index (χ0v) is 18.0. The fraction of sp³-hybridized carbons (Fsp3) is 0.667. The van der Waals surface area contributed by atoms with E-state index in [2.05, 4.69) is 6.58 Å². The molecule has 7 nitrogen and oxygen atoms in total. The Labute approximate surface area is 165 Å². The average Bonchev–Trinajstić information content (AvgIpc) is 2.56. The molecule has 2 aliphatic heterocycles. The number of esters is 1. The number of β-lactam (4-membered cyclic amide) rings is 1. The van der Waals surface area contributed by atoms with Crippen molar-refractivity contribution in [1.29, 1.82) is 0 Å². The van der Waals surface area contributed by atoms with Crippen LogP contribution in [0.3, 0.4) is 0 Å². The molecule has 2 heterocycles. The zero-order valence-electron chi connectivity index (χ0n) is 16.2. The van der Waals surface area contributed by atoms with E-state index < -0.39 is 50.1 Å². The Balaban J connectivity index is 2.26. The first-order chi connectivity index (χ1) is 12.6. The summed E-state index contributed by atoms with van der Waals surface area (Å²) in [6.45, 7) is 11.1. The van der Waals surface area contributed by atoms with Crippen molar-refractivity contribution in [3.05, 3.63) is 12.7 Å². The van der Waals surface area contributed by atoms with Crippen molar-refractivity contribution in [3.8, 4) is 0 Å². The minimum Gasteiger partial charge on any atom is -0.454 e. The molecule has 2 aliphatic rings.